The lowest BCUT2D eigenvalue weighted by Gasteiger charge is -2.15. The number of benzene rings is 3. The van der Waals surface area contributed by atoms with Gasteiger partial charge in [0.1, 0.15) is 5.57 Å². The summed E-state index contributed by atoms with van der Waals surface area (Å²) >= 11 is 3.41. The molecule has 9 heteroatoms. The summed E-state index contributed by atoms with van der Waals surface area (Å²) in [7, 11) is 1.46. The maximum atomic E-state index is 13.0. The van der Waals surface area contributed by atoms with Crippen LogP contribution in [0.5, 0.6) is 11.5 Å². The first-order chi connectivity index (χ1) is 16.9. The van der Waals surface area contributed by atoms with Crippen molar-refractivity contribution in [3.8, 4) is 11.5 Å². The first kappa shape index (κ1) is 24.0. The van der Waals surface area contributed by atoms with Crippen molar-refractivity contribution in [3.63, 3.8) is 0 Å². The van der Waals surface area contributed by atoms with Crippen LogP contribution in [-0.2, 0) is 14.4 Å². The molecule has 1 aliphatic heterocycles. The first-order valence-electron chi connectivity index (χ1n) is 10.7. The van der Waals surface area contributed by atoms with Gasteiger partial charge in [-0.25, -0.2) is 5.01 Å². The maximum Gasteiger partial charge on any atom is 0.282 e. The minimum atomic E-state index is -0.555. The molecule has 35 heavy (non-hydrogen) atoms. The van der Waals surface area contributed by atoms with E-state index in [4.69, 9.17) is 9.47 Å². The van der Waals surface area contributed by atoms with Crippen LogP contribution >= 0.6 is 15.9 Å². The zero-order valence-corrected chi connectivity index (χ0v) is 20.6. The highest BCUT2D eigenvalue weighted by Gasteiger charge is 2.34. The number of carbonyl (C=O) groups is 3. The van der Waals surface area contributed by atoms with Gasteiger partial charge in [0.05, 0.1) is 12.8 Å². The summed E-state index contributed by atoms with van der Waals surface area (Å²) in [5.41, 5.74) is 5.01. The van der Waals surface area contributed by atoms with Crippen LogP contribution in [0.15, 0.2) is 76.8 Å². The van der Waals surface area contributed by atoms with Crippen LogP contribution in [0.25, 0.3) is 6.08 Å². The Hall–Kier alpha value is -4.11. The Morgan fingerprint density at radius 2 is 1.80 bits per heavy atom. The molecule has 0 spiro atoms. The molecule has 178 valence electrons. The van der Waals surface area contributed by atoms with Crippen molar-refractivity contribution in [2.45, 2.75) is 6.92 Å². The number of amides is 3. The third-order valence-corrected chi connectivity index (χ3v) is 5.70. The minimum Gasteiger partial charge on any atom is -0.493 e. The fourth-order valence-corrected chi connectivity index (χ4v) is 3.97. The van der Waals surface area contributed by atoms with E-state index in [1.54, 1.807) is 42.5 Å². The van der Waals surface area contributed by atoms with Gasteiger partial charge in [0, 0.05) is 15.7 Å². The van der Waals surface area contributed by atoms with E-state index in [2.05, 4.69) is 26.7 Å². The number of ether oxygens (including phenoxy) is 2. The van der Waals surface area contributed by atoms with E-state index >= 15 is 0 Å². The van der Waals surface area contributed by atoms with Gasteiger partial charge in [-0.15, -0.1) is 0 Å². The van der Waals surface area contributed by atoms with Crippen molar-refractivity contribution in [2.75, 3.05) is 24.0 Å². The van der Waals surface area contributed by atoms with Gasteiger partial charge in [0.15, 0.2) is 18.1 Å². The van der Waals surface area contributed by atoms with Crippen molar-refractivity contribution in [1.82, 2.24) is 5.43 Å². The average Bonchev–Trinajstić information content (AvgIpc) is 3.13. The Kier molecular flexibility index (Phi) is 7.17. The summed E-state index contributed by atoms with van der Waals surface area (Å²) < 4.78 is 11.9. The molecule has 1 saturated heterocycles. The van der Waals surface area contributed by atoms with E-state index in [-0.39, 0.29) is 23.8 Å². The zero-order valence-electron chi connectivity index (χ0n) is 19.0. The predicted molar refractivity (Wildman–Crippen MR) is 136 cm³/mol. The van der Waals surface area contributed by atoms with Gasteiger partial charge in [-0.1, -0.05) is 52.3 Å². The highest BCUT2D eigenvalue weighted by atomic mass is 79.9. The number of aryl methyl sites for hydroxylation is 1. The quantitative estimate of drug-likeness (QED) is 0.348. The van der Waals surface area contributed by atoms with Crippen molar-refractivity contribution in [1.29, 1.82) is 0 Å². The normalized spacial score (nSPS) is 14.1. The lowest BCUT2D eigenvalue weighted by molar-refractivity contribution is -0.118. The molecule has 0 aromatic heterocycles. The Morgan fingerprint density at radius 1 is 1.09 bits per heavy atom. The van der Waals surface area contributed by atoms with Gasteiger partial charge >= 0.3 is 0 Å². The largest absolute Gasteiger partial charge is 0.493 e. The molecule has 1 heterocycles. The van der Waals surface area contributed by atoms with Crippen LogP contribution < -0.4 is 25.2 Å². The van der Waals surface area contributed by atoms with Gasteiger partial charge < -0.3 is 14.8 Å². The van der Waals surface area contributed by atoms with Gasteiger partial charge in [0.25, 0.3) is 17.7 Å². The second kappa shape index (κ2) is 10.4. The summed E-state index contributed by atoms with van der Waals surface area (Å²) in [4.78, 5) is 38.2. The summed E-state index contributed by atoms with van der Waals surface area (Å²) in [6.07, 6.45) is 1.42. The average molecular weight is 536 g/mol. The summed E-state index contributed by atoms with van der Waals surface area (Å²) in [6.45, 7) is 1.58. The van der Waals surface area contributed by atoms with Gasteiger partial charge in [-0.05, 0) is 48.9 Å². The lowest BCUT2D eigenvalue weighted by Crippen LogP contribution is -2.35. The Morgan fingerprint density at radius 3 is 2.51 bits per heavy atom. The van der Waals surface area contributed by atoms with Crippen LogP contribution in [-0.4, -0.2) is 31.4 Å². The summed E-state index contributed by atoms with van der Waals surface area (Å²) in [5.74, 6) is -0.875. The van der Waals surface area contributed by atoms with Crippen molar-refractivity contribution < 1.29 is 23.9 Å². The van der Waals surface area contributed by atoms with E-state index in [0.29, 0.717) is 27.2 Å². The molecule has 0 atom stereocenters. The number of nitrogens with zero attached hydrogens (tertiary/aromatic N) is 1. The number of anilines is 2. The van der Waals surface area contributed by atoms with E-state index in [0.717, 1.165) is 5.56 Å². The number of methoxy groups -OCH3 is 1. The lowest BCUT2D eigenvalue weighted by atomic mass is 10.1. The third-order valence-electron chi connectivity index (χ3n) is 5.24. The number of carbonyl (C=O) groups excluding carboxylic acids is 3. The molecule has 0 aliphatic carbocycles. The van der Waals surface area contributed by atoms with Crippen molar-refractivity contribution >= 4 is 51.1 Å². The number of hydrazine groups is 1. The van der Waals surface area contributed by atoms with Crippen molar-refractivity contribution in [2.24, 2.45) is 0 Å². The standard InChI is InChI=1S/C26H22BrN3O5/c1-16-8-6-7-11-21(16)28-23(31)15-35-24-17(12-18(27)14-22(24)34-2)13-20-25(32)29-30(26(20)33)19-9-4-3-5-10-19/h3-14H,15H2,1-2H3,(H,28,31)(H,29,32)/b20-13-. The molecular weight excluding hydrogens is 514 g/mol. The number of halogens is 1. The van der Waals surface area contributed by atoms with Gasteiger partial charge in [-0.2, -0.15) is 0 Å². The monoisotopic (exact) mass is 535 g/mol. The number of nitrogens with one attached hydrogen (secondary N) is 2. The Bertz CT molecular complexity index is 1320. The van der Waals surface area contributed by atoms with E-state index in [1.807, 2.05) is 31.2 Å². The summed E-state index contributed by atoms with van der Waals surface area (Å²) in [5, 5.41) is 3.99. The molecule has 0 unspecified atom stereocenters. The Labute approximate surface area is 210 Å². The number of hydrogen-bond acceptors (Lipinski definition) is 5. The molecule has 1 aliphatic rings. The summed E-state index contributed by atoms with van der Waals surface area (Å²) in [6, 6.07) is 19.5. The number of rotatable bonds is 7. The molecule has 3 aromatic rings. The highest BCUT2D eigenvalue weighted by Crippen LogP contribution is 2.37. The number of para-hydroxylation sites is 2. The SMILES string of the molecule is COc1cc(Br)cc(/C=C2/C(=O)NN(c3ccccc3)C2=O)c1OCC(=O)Nc1ccccc1C. The van der Waals surface area contributed by atoms with Crippen molar-refractivity contribution in [3.05, 3.63) is 87.9 Å². The fourth-order valence-electron chi connectivity index (χ4n) is 3.51. The smallest absolute Gasteiger partial charge is 0.282 e. The molecule has 0 saturated carbocycles. The molecule has 4 rings (SSSR count). The zero-order chi connectivity index (χ0) is 24.9. The van der Waals surface area contributed by atoms with Gasteiger partial charge in [0.2, 0.25) is 0 Å². The Balaban J connectivity index is 1.61. The molecular formula is C26H22BrN3O5. The third kappa shape index (κ3) is 5.36. The van der Waals surface area contributed by atoms with Crippen LogP contribution in [0, 0.1) is 6.92 Å². The van der Waals surface area contributed by atoms with Crippen LogP contribution in [0.3, 0.4) is 0 Å². The maximum absolute atomic E-state index is 13.0. The molecule has 8 nitrogen and oxygen atoms in total. The minimum absolute atomic E-state index is 0.0804. The predicted octanol–water partition coefficient (Wildman–Crippen LogP) is 4.25. The second-order valence-electron chi connectivity index (χ2n) is 7.65. The van der Waals surface area contributed by atoms with Crippen LogP contribution in [0.4, 0.5) is 11.4 Å². The molecule has 2 N–H and O–H groups in total. The molecule has 0 bridgehead atoms. The second-order valence-corrected chi connectivity index (χ2v) is 8.57. The topological polar surface area (TPSA) is 97.0 Å². The number of hydrogen-bond donors (Lipinski definition) is 2. The van der Waals surface area contributed by atoms with E-state index in [9.17, 15) is 14.4 Å². The molecule has 1 fully saturated rings. The first-order valence-corrected chi connectivity index (χ1v) is 11.4. The van der Waals surface area contributed by atoms with E-state index in [1.165, 1.54) is 18.2 Å². The van der Waals surface area contributed by atoms with Gasteiger partial charge in [-0.3, -0.25) is 19.8 Å². The highest BCUT2D eigenvalue weighted by molar-refractivity contribution is 9.10. The molecule has 3 amide bonds. The van der Waals surface area contributed by atoms with E-state index < -0.39 is 11.8 Å². The fraction of sp³-hybridized carbons (Fsp3) is 0.115. The molecule has 3 aromatic carbocycles. The molecule has 0 radical (unpaired) electrons. The van der Waals surface area contributed by atoms with Crippen LogP contribution in [0.2, 0.25) is 0 Å². The van der Waals surface area contributed by atoms with Crippen LogP contribution in [0.1, 0.15) is 11.1 Å².